The molecule has 0 saturated carbocycles. The third kappa shape index (κ3) is 3.53. The van der Waals surface area contributed by atoms with Gasteiger partial charge in [-0.2, -0.15) is 22.0 Å². The van der Waals surface area contributed by atoms with Gasteiger partial charge in [0.25, 0.3) is 0 Å². The minimum atomic E-state index is -4.87. The lowest BCUT2D eigenvalue weighted by Crippen LogP contribution is -2.60. The lowest BCUT2D eigenvalue weighted by Gasteiger charge is -2.41. The average Bonchev–Trinajstić information content (AvgIpc) is 2.49. The van der Waals surface area contributed by atoms with Crippen LogP contribution >= 0.6 is 0 Å². The predicted molar refractivity (Wildman–Crippen MR) is 82.0 cm³/mol. The molecule has 0 aliphatic carbocycles. The molecule has 0 spiro atoms. The zero-order valence-corrected chi connectivity index (χ0v) is 14.4. The molecule has 1 aliphatic rings. The Balaban J connectivity index is 2.69. The van der Waals surface area contributed by atoms with Gasteiger partial charge in [0.2, 0.25) is 5.60 Å². The number of carbonyl (C=O) groups is 1. The number of nitrogens with zero attached hydrogens (tertiary/aromatic N) is 2. The van der Waals surface area contributed by atoms with Gasteiger partial charge in [0, 0.05) is 5.56 Å². The quantitative estimate of drug-likeness (QED) is 0.757. The van der Waals surface area contributed by atoms with Crippen LogP contribution in [-0.4, -0.2) is 46.9 Å². The topological polar surface area (TPSA) is 107 Å². The number of aliphatic imine (C=N–C) groups is 1. The minimum Gasteiger partial charge on any atom is -0.477 e. The number of alkyl halides is 5. The highest BCUT2D eigenvalue weighted by atomic mass is 19.4. The number of halogens is 5. The molecule has 0 fully saturated rings. The smallest absolute Gasteiger partial charge is 0.424 e. The second-order valence-electron chi connectivity index (χ2n) is 6.25. The van der Waals surface area contributed by atoms with Crippen molar-refractivity contribution < 1.29 is 41.3 Å². The summed E-state index contributed by atoms with van der Waals surface area (Å²) in [6.07, 6.45) is -4.13. The number of amidine groups is 1. The maximum absolute atomic E-state index is 13.2. The molecule has 0 aromatic carbocycles. The van der Waals surface area contributed by atoms with Gasteiger partial charge < -0.3 is 20.3 Å². The van der Waals surface area contributed by atoms with Crippen molar-refractivity contribution in [2.75, 3.05) is 6.61 Å². The first kappa shape index (κ1) is 20.8. The van der Waals surface area contributed by atoms with Crippen LogP contribution in [0.25, 0.3) is 0 Å². The van der Waals surface area contributed by atoms with E-state index in [1.807, 2.05) is 0 Å². The number of hydrogen-bond donors (Lipinski definition) is 2. The molecule has 150 valence electrons. The van der Waals surface area contributed by atoms with Gasteiger partial charge >= 0.3 is 18.8 Å². The summed E-state index contributed by atoms with van der Waals surface area (Å²) in [7, 11) is 0. The Morgan fingerprint density at radius 2 is 2.00 bits per heavy atom. The molecular weight excluding hydrogens is 381 g/mol. The molecule has 2 unspecified atom stereocenters. The Labute approximate surface area is 150 Å². The lowest BCUT2D eigenvalue weighted by molar-refractivity contribution is -0.249. The van der Waals surface area contributed by atoms with E-state index in [9.17, 15) is 31.9 Å². The van der Waals surface area contributed by atoms with Gasteiger partial charge in [-0.15, -0.1) is 0 Å². The van der Waals surface area contributed by atoms with E-state index in [1.54, 1.807) is 0 Å². The molecule has 2 rings (SSSR count). The molecule has 0 radical (unpaired) electrons. The van der Waals surface area contributed by atoms with Crippen molar-refractivity contribution in [3.63, 3.8) is 0 Å². The van der Waals surface area contributed by atoms with Crippen LogP contribution in [0.15, 0.2) is 11.2 Å². The maximum atomic E-state index is 13.2. The van der Waals surface area contributed by atoms with Crippen molar-refractivity contribution in [3.05, 3.63) is 23.0 Å². The van der Waals surface area contributed by atoms with Crippen molar-refractivity contribution >= 4 is 11.8 Å². The fourth-order valence-corrected chi connectivity index (χ4v) is 2.78. The Bertz CT molecular complexity index is 798. The van der Waals surface area contributed by atoms with E-state index in [0.717, 1.165) is 6.20 Å². The number of carboxylic acids is 1. The SMILES string of the molecule is Cc1c(C(=O)O)ncc(OC(F)F)c1C1(C)COC(C)(C(F)(F)F)C(N)=N1. The lowest BCUT2D eigenvalue weighted by atomic mass is 9.86. The Kier molecular flexibility index (Phi) is 5.08. The van der Waals surface area contributed by atoms with Gasteiger partial charge in [-0.3, -0.25) is 4.99 Å². The van der Waals surface area contributed by atoms with Crippen LogP contribution in [0.5, 0.6) is 5.75 Å². The Hall–Kier alpha value is -2.50. The van der Waals surface area contributed by atoms with Gasteiger partial charge in [-0.25, -0.2) is 9.78 Å². The van der Waals surface area contributed by atoms with Crippen molar-refractivity contribution in [1.29, 1.82) is 0 Å². The van der Waals surface area contributed by atoms with Crippen molar-refractivity contribution in [2.45, 2.75) is 44.7 Å². The maximum Gasteiger partial charge on any atom is 0.424 e. The standard InChI is InChI=1S/C15H16F5N3O4/c1-6-8(7(27-12(16)17)4-22-9(6)10(24)25)13(2)5-26-14(3,11(21)23-13)15(18,19)20/h4,12H,5H2,1-3H3,(H2,21,23)(H,24,25). The number of aromatic nitrogens is 1. The van der Waals surface area contributed by atoms with E-state index >= 15 is 0 Å². The van der Waals surface area contributed by atoms with Crippen molar-refractivity contribution in [2.24, 2.45) is 10.7 Å². The number of aromatic carboxylic acids is 1. The van der Waals surface area contributed by atoms with Gasteiger partial charge in [-0.1, -0.05) is 0 Å². The summed E-state index contributed by atoms with van der Waals surface area (Å²) in [6, 6.07) is 0. The fraction of sp³-hybridized carbons (Fsp3) is 0.533. The molecule has 1 aliphatic heterocycles. The predicted octanol–water partition coefficient (Wildman–Crippen LogP) is 2.61. The molecule has 1 aromatic rings. The number of carboxylic acid groups (broad SMARTS) is 1. The van der Waals surface area contributed by atoms with Crippen LogP contribution in [0.4, 0.5) is 22.0 Å². The molecule has 2 heterocycles. The van der Waals surface area contributed by atoms with Crippen molar-refractivity contribution in [1.82, 2.24) is 4.98 Å². The molecule has 0 amide bonds. The Morgan fingerprint density at radius 3 is 2.44 bits per heavy atom. The van der Waals surface area contributed by atoms with E-state index in [2.05, 4.69) is 14.7 Å². The first-order valence-electron chi connectivity index (χ1n) is 7.47. The number of ether oxygens (including phenoxy) is 2. The summed E-state index contributed by atoms with van der Waals surface area (Å²) in [6.45, 7) is -0.798. The molecule has 2 atom stereocenters. The third-order valence-electron chi connectivity index (χ3n) is 4.28. The highest BCUT2D eigenvalue weighted by Crippen LogP contribution is 2.44. The summed E-state index contributed by atoms with van der Waals surface area (Å²) in [4.78, 5) is 18.7. The summed E-state index contributed by atoms with van der Waals surface area (Å²) in [5, 5.41) is 9.19. The fourth-order valence-electron chi connectivity index (χ4n) is 2.78. The summed E-state index contributed by atoms with van der Waals surface area (Å²) < 4.78 is 74.5. The van der Waals surface area contributed by atoms with Gasteiger partial charge in [-0.05, 0) is 26.3 Å². The molecular formula is C15H16F5N3O4. The molecule has 12 heteroatoms. The van der Waals surface area contributed by atoms with Crippen LogP contribution in [0.3, 0.4) is 0 Å². The molecule has 1 aromatic heterocycles. The number of hydrogen-bond acceptors (Lipinski definition) is 6. The molecule has 3 N–H and O–H groups in total. The van der Waals surface area contributed by atoms with Gasteiger partial charge in [0.15, 0.2) is 5.69 Å². The minimum absolute atomic E-state index is 0.112. The molecule has 27 heavy (non-hydrogen) atoms. The van der Waals surface area contributed by atoms with E-state index in [0.29, 0.717) is 6.92 Å². The second-order valence-corrected chi connectivity index (χ2v) is 6.25. The first-order chi connectivity index (χ1) is 12.2. The normalized spacial score (nSPS) is 26.0. The number of nitrogens with two attached hydrogens (primary N) is 1. The van der Waals surface area contributed by atoms with Gasteiger partial charge in [0.05, 0.1) is 12.8 Å². The van der Waals surface area contributed by atoms with E-state index in [-0.39, 0.29) is 11.1 Å². The summed E-state index contributed by atoms with van der Waals surface area (Å²) >= 11 is 0. The van der Waals surface area contributed by atoms with Crippen LogP contribution < -0.4 is 10.5 Å². The van der Waals surface area contributed by atoms with E-state index in [1.165, 1.54) is 13.8 Å². The molecule has 7 nitrogen and oxygen atoms in total. The van der Waals surface area contributed by atoms with Crippen molar-refractivity contribution in [3.8, 4) is 5.75 Å². The Morgan fingerprint density at radius 1 is 1.41 bits per heavy atom. The monoisotopic (exact) mass is 397 g/mol. The summed E-state index contributed by atoms with van der Waals surface area (Å²) in [5.41, 5.74) is 0.103. The van der Waals surface area contributed by atoms with Gasteiger partial charge in [0.1, 0.15) is 17.1 Å². The zero-order valence-electron chi connectivity index (χ0n) is 14.4. The van der Waals surface area contributed by atoms with E-state index < -0.39 is 53.8 Å². The number of pyridine rings is 1. The summed E-state index contributed by atoms with van der Waals surface area (Å²) in [5.74, 6) is -2.93. The highest BCUT2D eigenvalue weighted by molar-refractivity contribution is 5.91. The third-order valence-corrected chi connectivity index (χ3v) is 4.28. The molecule has 0 bridgehead atoms. The van der Waals surface area contributed by atoms with Crippen LogP contribution in [0, 0.1) is 6.92 Å². The average molecular weight is 397 g/mol. The van der Waals surface area contributed by atoms with E-state index in [4.69, 9.17) is 10.5 Å². The van der Waals surface area contributed by atoms with Crippen LogP contribution in [-0.2, 0) is 10.3 Å². The van der Waals surface area contributed by atoms with Crippen LogP contribution in [0.2, 0.25) is 0 Å². The zero-order chi connectivity index (χ0) is 20.8. The second kappa shape index (κ2) is 6.59. The first-order valence-corrected chi connectivity index (χ1v) is 7.47. The van der Waals surface area contributed by atoms with Crippen LogP contribution in [0.1, 0.15) is 35.5 Å². The number of rotatable bonds is 4. The largest absolute Gasteiger partial charge is 0.477 e. The highest BCUT2D eigenvalue weighted by Gasteiger charge is 2.59. The molecule has 0 saturated heterocycles.